The first kappa shape index (κ1) is 12.7. The SMILES string of the molecule is CC(C)c1nc(CNC(=O)c2ccncc2)cs1. The highest BCUT2D eigenvalue weighted by Gasteiger charge is 2.08. The number of rotatable bonds is 4. The van der Waals surface area contributed by atoms with Crippen molar-refractivity contribution in [3.63, 3.8) is 0 Å². The number of pyridine rings is 1. The summed E-state index contributed by atoms with van der Waals surface area (Å²) in [6.45, 7) is 4.68. The molecule has 0 saturated carbocycles. The van der Waals surface area contributed by atoms with Crippen molar-refractivity contribution in [1.82, 2.24) is 15.3 Å². The van der Waals surface area contributed by atoms with Crippen molar-refractivity contribution < 1.29 is 4.79 Å². The molecule has 0 radical (unpaired) electrons. The molecule has 94 valence electrons. The Morgan fingerprint density at radius 1 is 1.39 bits per heavy atom. The summed E-state index contributed by atoms with van der Waals surface area (Å²) in [5.74, 6) is 0.330. The number of hydrogen-bond donors (Lipinski definition) is 1. The Hall–Kier alpha value is -1.75. The highest BCUT2D eigenvalue weighted by atomic mass is 32.1. The lowest BCUT2D eigenvalue weighted by molar-refractivity contribution is 0.0950. The third kappa shape index (κ3) is 3.13. The summed E-state index contributed by atoms with van der Waals surface area (Å²) in [5.41, 5.74) is 1.52. The maximum Gasteiger partial charge on any atom is 0.251 e. The number of carbonyl (C=O) groups is 1. The van der Waals surface area contributed by atoms with Crippen LogP contribution in [0.25, 0.3) is 0 Å². The molecule has 0 spiro atoms. The first-order valence-electron chi connectivity index (χ1n) is 5.79. The topological polar surface area (TPSA) is 54.9 Å². The molecule has 2 rings (SSSR count). The second-order valence-electron chi connectivity index (χ2n) is 4.25. The summed E-state index contributed by atoms with van der Waals surface area (Å²) in [6.07, 6.45) is 3.21. The van der Waals surface area contributed by atoms with Gasteiger partial charge in [-0.25, -0.2) is 4.98 Å². The first-order chi connectivity index (χ1) is 8.66. The molecule has 5 heteroatoms. The van der Waals surface area contributed by atoms with Gasteiger partial charge in [0.25, 0.3) is 5.91 Å². The summed E-state index contributed by atoms with van der Waals surface area (Å²) in [7, 11) is 0. The minimum absolute atomic E-state index is 0.100. The van der Waals surface area contributed by atoms with Crippen LogP contribution in [0.3, 0.4) is 0 Å². The zero-order valence-corrected chi connectivity index (χ0v) is 11.2. The Labute approximate surface area is 110 Å². The molecule has 0 fully saturated rings. The smallest absolute Gasteiger partial charge is 0.251 e. The minimum atomic E-state index is -0.100. The molecular formula is C13H15N3OS. The molecule has 1 N–H and O–H groups in total. The average molecular weight is 261 g/mol. The van der Waals surface area contributed by atoms with Crippen LogP contribution in [-0.4, -0.2) is 15.9 Å². The quantitative estimate of drug-likeness (QED) is 0.920. The zero-order chi connectivity index (χ0) is 13.0. The Bertz CT molecular complexity index is 522. The molecule has 0 aliphatic carbocycles. The molecule has 0 aliphatic heterocycles. The molecule has 4 nitrogen and oxygen atoms in total. The molecule has 2 aromatic heterocycles. The molecule has 1 amide bonds. The van der Waals surface area contributed by atoms with Crippen LogP contribution in [0, 0.1) is 0 Å². The van der Waals surface area contributed by atoms with Crippen LogP contribution in [0.4, 0.5) is 0 Å². The number of nitrogens with zero attached hydrogens (tertiary/aromatic N) is 2. The number of amides is 1. The van der Waals surface area contributed by atoms with E-state index < -0.39 is 0 Å². The lowest BCUT2D eigenvalue weighted by atomic mass is 10.2. The summed E-state index contributed by atoms with van der Waals surface area (Å²) in [4.78, 5) is 20.1. The minimum Gasteiger partial charge on any atom is -0.346 e. The maximum absolute atomic E-state index is 11.8. The van der Waals surface area contributed by atoms with Crippen molar-refractivity contribution in [2.75, 3.05) is 0 Å². The van der Waals surface area contributed by atoms with Crippen LogP contribution in [0.1, 0.15) is 40.8 Å². The van der Waals surface area contributed by atoms with E-state index in [1.54, 1.807) is 35.9 Å². The molecule has 0 bridgehead atoms. The number of thiazole rings is 1. The maximum atomic E-state index is 11.8. The van der Waals surface area contributed by atoms with E-state index in [-0.39, 0.29) is 5.91 Å². The van der Waals surface area contributed by atoms with Crippen molar-refractivity contribution in [2.45, 2.75) is 26.3 Å². The van der Waals surface area contributed by atoms with Gasteiger partial charge in [-0.2, -0.15) is 0 Å². The predicted octanol–water partition coefficient (Wildman–Crippen LogP) is 2.59. The van der Waals surface area contributed by atoms with E-state index in [2.05, 4.69) is 29.1 Å². The van der Waals surface area contributed by atoms with Crippen molar-refractivity contribution in [1.29, 1.82) is 0 Å². The van der Waals surface area contributed by atoms with Crippen molar-refractivity contribution >= 4 is 17.2 Å². The van der Waals surface area contributed by atoms with E-state index >= 15 is 0 Å². The monoisotopic (exact) mass is 261 g/mol. The number of hydrogen-bond acceptors (Lipinski definition) is 4. The second kappa shape index (κ2) is 5.73. The van der Waals surface area contributed by atoms with E-state index in [1.807, 2.05) is 5.38 Å². The Morgan fingerprint density at radius 3 is 2.72 bits per heavy atom. The molecule has 18 heavy (non-hydrogen) atoms. The van der Waals surface area contributed by atoms with Gasteiger partial charge < -0.3 is 5.32 Å². The van der Waals surface area contributed by atoms with Crippen LogP contribution >= 0.6 is 11.3 Å². The Balaban J connectivity index is 1.93. The van der Waals surface area contributed by atoms with Gasteiger partial charge in [0.15, 0.2) is 0 Å². The van der Waals surface area contributed by atoms with Gasteiger partial charge >= 0.3 is 0 Å². The lowest BCUT2D eigenvalue weighted by Gasteiger charge is -2.02. The van der Waals surface area contributed by atoms with Crippen LogP contribution in [0.2, 0.25) is 0 Å². The van der Waals surface area contributed by atoms with E-state index in [0.717, 1.165) is 10.7 Å². The van der Waals surface area contributed by atoms with E-state index in [0.29, 0.717) is 18.0 Å². The molecule has 0 aromatic carbocycles. The fraction of sp³-hybridized carbons (Fsp3) is 0.308. The lowest BCUT2D eigenvalue weighted by Crippen LogP contribution is -2.22. The van der Waals surface area contributed by atoms with Gasteiger partial charge in [-0.1, -0.05) is 13.8 Å². The first-order valence-corrected chi connectivity index (χ1v) is 6.67. The number of aromatic nitrogens is 2. The van der Waals surface area contributed by atoms with Crippen LogP contribution in [0.15, 0.2) is 29.9 Å². The van der Waals surface area contributed by atoms with Crippen molar-refractivity contribution in [3.05, 3.63) is 46.2 Å². The third-order valence-electron chi connectivity index (χ3n) is 2.44. The van der Waals surface area contributed by atoms with Gasteiger partial charge in [-0.05, 0) is 12.1 Å². The highest BCUT2D eigenvalue weighted by Crippen LogP contribution is 2.18. The molecule has 0 atom stereocenters. The largest absolute Gasteiger partial charge is 0.346 e. The van der Waals surface area contributed by atoms with Gasteiger partial charge in [-0.3, -0.25) is 9.78 Å². The van der Waals surface area contributed by atoms with Crippen LogP contribution in [0.5, 0.6) is 0 Å². The van der Waals surface area contributed by atoms with Gasteiger partial charge in [0.05, 0.1) is 17.2 Å². The molecule has 0 unspecified atom stereocenters. The molecule has 2 heterocycles. The second-order valence-corrected chi connectivity index (χ2v) is 5.14. The summed E-state index contributed by atoms with van der Waals surface area (Å²) >= 11 is 1.63. The van der Waals surface area contributed by atoms with Gasteiger partial charge in [-0.15, -0.1) is 11.3 Å². The van der Waals surface area contributed by atoms with Crippen molar-refractivity contribution in [3.8, 4) is 0 Å². The third-order valence-corrected chi connectivity index (χ3v) is 3.63. The predicted molar refractivity (Wildman–Crippen MR) is 71.6 cm³/mol. The Kier molecular flexibility index (Phi) is 4.04. The summed E-state index contributed by atoms with van der Waals surface area (Å²) in [5, 5.41) is 5.93. The highest BCUT2D eigenvalue weighted by molar-refractivity contribution is 7.09. The molecule has 0 saturated heterocycles. The number of nitrogens with one attached hydrogen (secondary N) is 1. The zero-order valence-electron chi connectivity index (χ0n) is 10.4. The number of carbonyl (C=O) groups excluding carboxylic acids is 1. The van der Waals surface area contributed by atoms with Crippen molar-refractivity contribution in [2.24, 2.45) is 0 Å². The molecule has 0 aliphatic rings. The van der Waals surface area contributed by atoms with E-state index in [1.165, 1.54) is 0 Å². The Morgan fingerprint density at radius 2 is 2.11 bits per heavy atom. The average Bonchev–Trinajstić information content (AvgIpc) is 2.86. The fourth-order valence-corrected chi connectivity index (χ4v) is 2.28. The molecule has 2 aromatic rings. The van der Waals surface area contributed by atoms with Crippen LogP contribution < -0.4 is 5.32 Å². The normalized spacial score (nSPS) is 10.6. The summed E-state index contributed by atoms with van der Waals surface area (Å²) in [6, 6.07) is 3.38. The standard InChI is InChI=1S/C13H15N3OS/c1-9(2)13-16-11(8-18-13)7-15-12(17)10-3-5-14-6-4-10/h3-6,8-9H,7H2,1-2H3,(H,15,17). The van der Waals surface area contributed by atoms with E-state index in [4.69, 9.17) is 0 Å². The van der Waals surface area contributed by atoms with Gasteiger partial charge in [0.1, 0.15) is 0 Å². The van der Waals surface area contributed by atoms with Gasteiger partial charge in [0.2, 0.25) is 0 Å². The fourth-order valence-electron chi connectivity index (χ4n) is 1.45. The summed E-state index contributed by atoms with van der Waals surface area (Å²) < 4.78 is 0. The van der Waals surface area contributed by atoms with E-state index in [9.17, 15) is 4.79 Å². The molecular weight excluding hydrogens is 246 g/mol. The van der Waals surface area contributed by atoms with Gasteiger partial charge in [0, 0.05) is 29.3 Å². The van der Waals surface area contributed by atoms with Crippen LogP contribution in [-0.2, 0) is 6.54 Å².